The average molecular weight is 307 g/mol. The molecule has 0 spiro atoms. The highest BCUT2D eigenvalue weighted by atomic mass is 16.5. The Balaban J connectivity index is 2.00. The molecule has 2 aromatic carbocycles. The number of benzene rings is 2. The predicted octanol–water partition coefficient (Wildman–Crippen LogP) is 3.79. The van der Waals surface area contributed by atoms with Crippen LogP contribution in [0, 0.1) is 6.92 Å². The molecule has 2 aromatic rings. The van der Waals surface area contributed by atoms with Gasteiger partial charge in [-0.2, -0.15) is 0 Å². The van der Waals surface area contributed by atoms with Crippen LogP contribution in [0.4, 0.5) is 0 Å². The number of ketones is 1. The first-order valence-electron chi connectivity index (χ1n) is 7.93. The molecule has 1 atom stereocenters. The van der Waals surface area contributed by atoms with E-state index < -0.39 is 6.10 Å². The van der Waals surface area contributed by atoms with Gasteiger partial charge in [-0.05, 0) is 30.0 Å². The van der Waals surface area contributed by atoms with Crippen molar-refractivity contribution in [1.29, 1.82) is 0 Å². The first kappa shape index (κ1) is 15.3. The molecule has 1 heterocycles. The lowest BCUT2D eigenvalue weighted by Gasteiger charge is -2.11. The third-order valence-corrected chi connectivity index (χ3v) is 4.29. The number of Topliss-reactive ketones (excluding diaryl/α,β-unsaturated/α-hetero) is 1. The molecule has 3 heteroatoms. The largest absolute Gasteiger partial charge is 0.462 e. The Bertz CT molecular complexity index is 762. The fraction of sp³-hybridized carbons (Fsp3) is 0.250. The zero-order valence-electron chi connectivity index (χ0n) is 13.7. The highest BCUT2D eigenvalue weighted by Crippen LogP contribution is 2.37. The fourth-order valence-corrected chi connectivity index (χ4v) is 3.03. The summed E-state index contributed by atoms with van der Waals surface area (Å²) >= 11 is 0. The summed E-state index contributed by atoms with van der Waals surface area (Å²) in [6.07, 6.45) is 0.418. The topological polar surface area (TPSA) is 38.3 Å². The van der Waals surface area contributed by atoms with Gasteiger partial charge in [0.2, 0.25) is 5.78 Å². The van der Waals surface area contributed by atoms with Gasteiger partial charge in [-0.15, -0.1) is 0 Å². The molecular formula is C20H21NO2. The summed E-state index contributed by atoms with van der Waals surface area (Å²) in [5.74, 6) is 0.553. The zero-order chi connectivity index (χ0) is 16.4. The van der Waals surface area contributed by atoms with Crippen LogP contribution in [0.1, 0.15) is 35.3 Å². The second-order valence-corrected chi connectivity index (χ2v) is 5.72. The predicted molar refractivity (Wildman–Crippen MR) is 91.8 cm³/mol. The maximum atomic E-state index is 12.9. The molecular weight excluding hydrogens is 286 g/mol. The Morgan fingerprint density at radius 3 is 2.48 bits per heavy atom. The van der Waals surface area contributed by atoms with Crippen LogP contribution < -0.4 is 5.32 Å². The van der Waals surface area contributed by atoms with E-state index in [-0.39, 0.29) is 5.78 Å². The number of carbonyl (C=O) groups is 1. The number of rotatable bonds is 4. The molecule has 1 unspecified atom stereocenters. The monoisotopic (exact) mass is 307 g/mol. The first-order chi connectivity index (χ1) is 11.2. The van der Waals surface area contributed by atoms with E-state index in [0.29, 0.717) is 11.5 Å². The van der Waals surface area contributed by atoms with Crippen LogP contribution in [-0.4, -0.2) is 12.8 Å². The lowest BCUT2D eigenvalue weighted by molar-refractivity contribution is -0.120. The smallest absolute Gasteiger partial charge is 0.213 e. The first-order valence-corrected chi connectivity index (χ1v) is 7.93. The van der Waals surface area contributed by atoms with Crippen molar-refractivity contribution in [2.45, 2.75) is 26.4 Å². The lowest BCUT2D eigenvalue weighted by Crippen LogP contribution is -2.10. The molecule has 1 N–H and O–H groups in total. The Morgan fingerprint density at radius 2 is 1.87 bits per heavy atom. The maximum absolute atomic E-state index is 12.9. The Hall–Kier alpha value is -2.55. The average Bonchev–Trinajstić information content (AvgIpc) is 2.92. The molecule has 0 fully saturated rings. The summed E-state index contributed by atoms with van der Waals surface area (Å²) in [7, 11) is 1.78. The van der Waals surface area contributed by atoms with Crippen molar-refractivity contribution in [3.05, 3.63) is 76.7 Å². The third-order valence-electron chi connectivity index (χ3n) is 4.29. The van der Waals surface area contributed by atoms with Crippen LogP contribution >= 0.6 is 0 Å². The molecule has 3 rings (SSSR count). The standard InChI is InChI=1S/C20H21NO2/c1-4-14-10-11-16(12-13(14)2)17-18(22)19(23-20(17)21-3)15-8-6-5-7-9-15/h5-12,19,21H,4H2,1-3H3. The lowest BCUT2D eigenvalue weighted by atomic mass is 9.94. The Kier molecular flexibility index (Phi) is 4.20. The van der Waals surface area contributed by atoms with Gasteiger partial charge in [-0.3, -0.25) is 4.79 Å². The van der Waals surface area contributed by atoms with Crippen molar-refractivity contribution < 1.29 is 9.53 Å². The second kappa shape index (κ2) is 6.29. The molecule has 0 amide bonds. The van der Waals surface area contributed by atoms with E-state index >= 15 is 0 Å². The molecule has 0 saturated heterocycles. The van der Waals surface area contributed by atoms with Gasteiger partial charge in [0.25, 0.3) is 0 Å². The number of hydrogen-bond acceptors (Lipinski definition) is 3. The van der Waals surface area contributed by atoms with Crippen molar-refractivity contribution >= 4 is 11.4 Å². The summed E-state index contributed by atoms with van der Waals surface area (Å²) < 4.78 is 5.89. The van der Waals surface area contributed by atoms with Crippen molar-refractivity contribution in [2.24, 2.45) is 0 Å². The highest BCUT2D eigenvalue weighted by molar-refractivity contribution is 6.25. The number of hydrogen-bond donors (Lipinski definition) is 1. The van der Waals surface area contributed by atoms with Gasteiger partial charge in [0.1, 0.15) is 0 Å². The van der Waals surface area contributed by atoms with E-state index in [9.17, 15) is 4.79 Å². The van der Waals surface area contributed by atoms with Gasteiger partial charge in [-0.1, -0.05) is 55.5 Å². The van der Waals surface area contributed by atoms with Gasteiger partial charge in [0, 0.05) is 12.6 Å². The molecule has 3 nitrogen and oxygen atoms in total. The van der Waals surface area contributed by atoms with Crippen molar-refractivity contribution in [3.8, 4) is 0 Å². The highest BCUT2D eigenvalue weighted by Gasteiger charge is 2.36. The van der Waals surface area contributed by atoms with Crippen LogP contribution in [0.25, 0.3) is 5.57 Å². The van der Waals surface area contributed by atoms with E-state index in [1.165, 1.54) is 11.1 Å². The summed E-state index contributed by atoms with van der Waals surface area (Å²) in [4.78, 5) is 12.9. The molecule has 23 heavy (non-hydrogen) atoms. The van der Waals surface area contributed by atoms with Crippen molar-refractivity contribution in [3.63, 3.8) is 0 Å². The van der Waals surface area contributed by atoms with Crippen molar-refractivity contribution in [2.75, 3.05) is 7.05 Å². The molecule has 0 bridgehead atoms. The molecule has 0 saturated carbocycles. The molecule has 118 valence electrons. The van der Waals surface area contributed by atoms with Gasteiger partial charge in [0.15, 0.2) is 12.0 Å². The van der Waals surface area contributed by atoms with Crippen LogP contribution in [-0.2, 0) is 16.0 Å². The van der Waals surface area contributed by atoms with E-state index in [0.717, 1.165) is 17.5 Å². The van der Waals surface area contributed by atoms with E-state index in [1.54, 1.807) is 7.05 Å². The summed E-state index contributed by atoms with van der Waals surface area (Å²) in [6.45, 7) is 4.21. The van der Waals surface area contributed by atoms with E-state index in [1.807, 2.05) is 36.4 Å². The number of carbonyl (C=O) groups excluding carboxylic acids is 1. The van der Waals surface area contributed by atoms with Crippen LogP contribution in [0.15, 0.2) is 54.4 Å². The minimum atomic E-state index is -0.570. The van der Waals surface area contributed by atoms with Gasteiger partial charge in [0.05, 0.1) is 5.57 Å². The Labute approximate surface area is 137 Å². The van der Waals surface area contributed by atoms with Crippen LogP contribution in [0.5, 0.6) is 0 Å². The molecule has 1 aliphatic heterocycles. The van der Waals surface area contributed by atoms with Crippen LogP contribution in [0.2, 0.25) is 0 Å². The van der Waals surface area contributed by atoms with Gasteiger partial charge < -0.3 is 10.1 Å². The normalized spacial score (nSPS) is 17.3. The molecule has 0 aliphatic carbocycles. The minimum Gasteiger partial charge on any atom is -0.462 e. The zero-order valence-corrected chi connectivity index (χ0v) is 13.7. The van der Waals surface area contributed by atoms with E-state index in [2.05, 4.69) is 31.3 Å². The van der Waals surface area contributed by atoms with E-state index in [4.69, 9.17) is 4.74 Å². The van der Waals surface area contributed by atoms with Gasteiger partial charge in [-0.25, -0.2) is 0 Å². The maximum Gasteiger partial charge on any atom is 0.213 e. The third kappa shape index (κ3) is 2.74. The van der Waals surface area contributed by atoms with Crippen molar-refractivity contribution in [1.82, 2.24) is 5.32 Å². The number of aryl methyl sites for hydroxylation is 2. The quantitative estimate of drug-likeness (QED) is 0.934. The molecule has 0 radical (unpaired) electrons. The van der Waals surface area contributed by atoms with Crippen LogP contribution in [0.3, 0.4) is 0 Å². The summed E-state index contributed by atoms with van der Waals surface area (Å²) in [5.41, 5.74) is 4.91. The second-order valence-electron chi connectivity index (χ2n) is 5.72. The molecule has 1 aliphatic rings. The fourth-order valence-electron chi connectivity index (χ4n) is 3.03. The minimum absolute atomic E-state index is 0.00389. The SMILES string of the molecule is CCc1ccc(C2=C(NC)OC(c3ccccc3)C2=O)cc1C. The molecule has 0 aromatic heterocycles. The number of nitrogens with one attached hydrogen (secondary N) is 1. The van der Waals surface area contributed by atoms with Gasteiger partial charge >= 0.3 is 0 Å². The number of ether oxygens (including phenoxy) is 1. The Morgan fingerprint density at radius 1 is 1.13 bits per heavy atom. The summed E-state index contributed by atoms with van der Waals surface area (Å²) in [6, 6.07) is 15.8. The summed E-state index contributed by atoms with van der Waals surface area (Å²) in [5, 5.41) is 3.03.